The number of aromatic nitrogens is 1. The summed E-state index contributed by atoms with van der Waals surface area (Å²) in [7, 11) is 0. The summed E-state index contributed by atoms with van der Waals surface area (Å²) in [5, 5.41) is 14.8. The van der Waals surface area contributed by atoms with Crippen LogP contribution >= 0.6 is 11.6 Å². The summed E-state index contributed by atoms with van der Waals surface area (Å²) < 4.78 is 43.6. The van der Waals surface area contributed by atoms with E-state index in [9.17, 15) is 23.1 Å². The highest BCUT2D eigenvalue weighted by atomic mass is 35.5. The van der Waals surface area contributed by atoms with Gasteiger partial charge in [-0.3, -0.25) is 4.79 Å². The Labute approximate surface area is 194 Å². The summed E-state index contributed by atoms with van der Waals surface area (Å²) in [5.74, 6) is -0.700. The lowest BCUT2D eigenvalue weighted by atomic mass is 9.85. The van der Waals surface area contributed by atoms with Gasteiger partial charge in [0.05, 0.1) is 5.60 Å². The van der Waals surface area contributed by atoms with Gasteiger partial charge in [-0.2, -0.15) is 0 Å². The summed E-state index contributed by atoms with van der Waals surface area (Å²) in [5.41, 5.74) is 0.651. The molecule has 0 aliphatic heterocycles. The van der Waals surface area contributed by atoms with Crippen LogP contribution in [0.2, 0.25) is 5.02 Å². The summed E-state index contributed by atoms with van der Waals surface area (Å²) in [6.45, 7) is 0.288. The fourth-order valence-electron chi connectivity index (χ4n) is 4.35. The number of halogens is 4. The first-order chi connectivity index (χ1) is 15.6. The number of nitrogens with zero attached hydrogens (tertiary/aromatic N) is 1. The van der Waals surface area contributed by atoms with Gasteiger partial charge in [-0.25, -0.2) is 0 Å². The van der Waals surface area contributed by atoms with E-state index in [0.717, 1.165) is 24.6 Å². The maximum Gasteiger partial charge on any atom is 0.573 e. The van der Waals surface area contributed by atoms with Gasteiger partial charge >= 0.3 is 6.36 Å². The van der Waals surface area contributed by atoms with Crippen molar-refractivity contribution in [2.45, 2.75) is 50.6 Å². The zero-order valence-electron chi connectivity index (χ0n) is 17.8. The van der Waals surface area contributed by atoms with E-state index in [0.29, 0.717) is 34.6 Å². The molecule has 176 valence electrons. The van der Waals surface area contributed by atoms with Crippen LogP contribution in [0.1, 0.15) is 48.2 Å². The molecule has 1 heterocycles. The molecule has 4 rings (SSSR count). The molecule has 0 spiro atoms. The quantitative estimate of drug-likeness (QED) is 0.478. The second kappa shape index (κ2) is 9.27. The molecule has 5 nitrogen and oxygen atoms in total. The van der Waals surface area contributed by atoms with Gasteiger partial charge in [0.2, 0.25) is 0 Å². The molecule has 2 N–H and O–H groups in total. The van der Waals surface area contributed by atoms with Crippen molar-refractivity contribution in [2.75, 3.05) is 6.54 Å². The topological polar surface area (TPSA) is 63.5 Å². The number of benzene rings is 2. The number of aliphatic hydroxyl groups is 1. The summed E-state index contributed by atoms with van der Waals surface area (Å²) in [4.78, 5) is 13.1. The molecule has 1 fully saturated rings. The van der Waals surface area contributed by atoms with Crippen LogP contribution in [0.4, 0.5) is 13.2 Å². The molecule has 1 aromatic heterocycles. The van der Waals surface area contributed by atoms with Gasteiger partial charge in [-0.05, 0) is 54.8 Å². The minimum Gasteiger partial charge on any atom is -0.406 e. The third-order valence-corrected chi connectivity index (χ3v) is 6.17. The van der Waals surface area contributed by atoms with Crippen LogP contribution in [-0.2, 0) is 6.54 Å². The fourth-order valence-corrected chi connectivity index (χ4v) is 4.53. The van der Waals surface area contributed by atoms with E-state index in [2.05, 4.69) is 10.1 Å². The van der Waals surface area contributed by atoms with E-state index in [1.54, 1.807) is 34.9 Å². The Balaban J connectivity index is 1.62. The van der Waals surface area contributed by atoms with E-state index < -0.39 is 12.0 Å². The third kappa shape index (κ3) is 5.81. The average molecular weight is 481 g/mol. The normalized spacial score (nSPS) is 16.0. The summed E-state index contributed by atoms with van der Waals surface area (Å²) in [6.07, 6.45) is -0.610. The maximum absolute atomic E-state index is 13.1. The van der Waals surface area contributed by atoms with Crippen molar-refractivity contribution < 1.29 is 27.8 Å². The van der Waals surface area contributed by atoms with Crippen molar-refractivity contribution >= 4 is 28.4 Å². The first-order valence-corrected chi connectivity index (χ1v) is 11.1. The molecule has 0 radical (unpaired) electrons. The molecule has 33 heavy (non-hydrogen) atoms. The van der Waals surface area contributed by atoms with Gasteiger partial charge in [0.25, 0.3) is 5.91 Å². The van der Waals surface area contributed by atoms with Gasteiger partial charge in [0, 0.05) is 29.0 Å². The van der Waals surface area contributed by atoms with Crippen LogP contribution in [-0.4, -0.2) is 34.1 Å². The second-order valence-corrected chi connectivity index (χ2v) is 8.92. The summed E-state index contributed by atoms with van der Waals surface area (Å²) >= 11 is 6.12. The monoisotopic (exact) mass is 480 g/mol. The molecule has 2 aromatic carbocycles. The highest BCUT2D eigenvalue weighted by Gasteiger charge is 2.31. The van der Waals surface area contributed by atoms with Crippen molar-refractivity contribution in [2.24, 2.45) is 0 Å². The van der Waals surface area contributed by atoms with Gasteiger partial charge in [-0.1, -0.05) is 43.0 Å². The van der Waals surface area contributed by atoms with Crippen LogP contribution in [0.5, 0.6) is 5.75 Å². The zero-order valence-corrected chi connectivity index (χ0v) is 18.5. The Morgan fingerprint density at radius 2 is 1.88 bits per heavy atom. The number of hydrogen-bond acceptors (Lipinski definition) is 3. The molecular weight excluding hydrogens is 457 g/mol. The van der Waals surface area contributed by atoms with Crippen LogP contribution in [0.3, 0.4) is 0 Å². The van der Waals surface area contributed by atoms with Crippen LogP contribution in [0, 0.1) is 0 Å². The molecule has 3 aromatic rings. The molecule has 9 heteroatoms. The molecule has 0 bridgehead atoms. The maximum atomic E-state index is 13.1. The Bertz CT molecular complexity index is 1150. The lowest BCUT2D eigenvalue weighted by Gasteiger charge is -2.32. The van der Waals surface area contributed by atoms with Crippen LogP contribution in [0.25, 0.3) is 10.9 Å². The lowest BCUT2D eigenvalue weighted by molar-refractivity contribution is -0.274. The van der Waals surface area contributed by atoms with E-state index in [1.165, 1.54) is 18.2 Å². The molecule has 1 aliphatic carbocycles. The molecular formula is C24H24ClF3N2O3. The first kappa shape index (κ1) is 23.4. The largest absolute Gasteiger partial charge is 0.573 e. The van der Waals surface area contributed by atoms with E-state index in [-0.39, 0.29) is 24.7 Å². The van der Waals surface area contributed by atoms with Gasteiger partial charge in [0.15, 0.2) is 0 Å². The predicted molar refractivity (Wildman–Crippen MR) is 120 cm³/mol. The van der Waals surface area contributed by atoms with Gasteiger partial charge in [-0.15, -0.1) is 13.2 Å². The van der Waals surface area contributed by atoms with Crippen molar-refractivity contribution in [3.8, 4) is 5.75 Å². The Morgan fingerprint density at radius 3 is 2.61 bits per heavy atom. The molecule has 1 amide bonds. The highest BCUT2D eigenvalue weighted by molar-refractivity contribution is 6.31. The number of carbonyl (C=O) groups is 1. The zero-order chi connectivity index (χ0) is 23.6. The third-order valence-electron chi connectivity index (χ3n) is 5.93. The molecule has 1 aliphatic rings. The smallest absolute Gasteiger partial charge is 0.406 e. The number of rotatable bonds is 6. The number of carbonyl (C=O) groups excluding carboxylic acids is 1. The van der Waals surface area contributed by atoms with E-state index in [4.69, 9.17) is 11.6 Å². The number of ether oxygens (including phenoxy) is 1. The Hall–Kier alpha value is -2.71. The van der Waals surface area contributed by atoms with Crippen molar-refractivity contribution in [1.29, 1.82) is 0 Å². The van der Waals surface area contributed by atoms with Crippen molar-refractivity contribution in [1.82, 2.24) is 9.88 Å². The van der Waals surface area contributed by atoms with Gasteiger partial charge < -0.3 is 19.7 Å². The Morgan fingerprint density at radius 1 is 1.12 bits per heavy atom. The minimum absolute atomic E-state index is 0.142. The second-order valence-electron chi connectivity index (χ2n) is 8.48. The highest BCUT2D eigenvalue weighted by Crippen LogP contribution is 2.29. The average Bonchev–Trinajstić information content (AvgIpc) is 3.09. The summed E-state index contributed by atoms with van der Waals surface area (Å²) in [6, 6.07) is 12.5. The van der Waals surface area contributed by atoms with Gasteiger partial charge in [0.1, 0.15) is 11.4 Å². The predicted octanol–water partition coefficient (Wildman–Crippen LogP) is 5.67. The molecule has 0 saturated heterocycles. The number of nitrogens with one attached hydrogen (secondary N) is 1. The minimum atomic E-state index is -4.79. The molecule has 0 unspecified atom stereocenters. The number of alkyl halides is 3. The SMILES string of the molecule is O=C(NCC1(O)CCCCC1)c1cc2cc(Cl)ccc2n1Cc1cccc(OC(F)(F)F)c1. The molecule has 1 saturated carbocycles. The molecule has 0 atom stereocenters. The number of fused-ring (bicyclic) bond motifs is 1. The van der Waals surface area contributed by atoms with Crippen LogP contribution < -0.4 is 10.1 Å². The van der Waals surface area contributed by atoms with E-state index in [1.807, 2.05) is 0 Å². The standard InChI is InChI=1S/C24H24ClF3N2O3/c25-18-7-8-20-17(12-18)13-21(22(31)29-15-23(32)9-2-1-3-10-23)30(20)14-16-5-4-6-19(11-16)33-24(26,27)28/h4-8,11-13,32H,1-3,9-10,14-15H2,(H,29,31). The first-order valence-electron chi connectivity index (χ1n) is 10.8. The number of amides is 1. The van der Waals surface area contributed by atoms with Crippen molar-refractivity contribution in [3.63, 3.8) is 0 Å². The van der Waals surface area contributed by atoms with Crippen molar-refractivity contribution in [3.05, 3.63) is 64.8 Å². The lowest BCUT2D eigenvalue weighted by Crippen LogP contribution is -2.44. The van der Waals surface area contributed by atoms with E-state index >= 15 is 0 Å². The van der Waals surface area contributed by atoms with Crippen LogP contribution in [0.15, 0.2) is 48.5 Å². The Kier molecular flexibility index (Phi) is 6.59. The fraction of sp³-hybridized carbons (Fsp3) is 0.375. The number of hydrogen-bond donors (Lipinski definition) is 2.